The molecular weight excluding hydrogens is 486 g/mol. The van der Waals surface area contributed by atoms with E-state index in [4.69, 9.17) is 11.5 Å². The van der Waals surface area contributed by atoms with Crippen LogP contribution in [0.2, 0.25) is 0 Å². The van der Waals surface area contributed by atoms with Crippen molar-refractivity contribution in [2.24, 2.45) is 28.3 Å². The van der Waals surface area contributed by atoms with Crippen LogP contribution in [0.1, 0.15) is 70.6 Å². The number of amidine groups is 1. The van der Waals surface area contributed by atoms with Crippen LogP contribution in [0.15, 0.2) is 35.2 Å². The van der Waals surface area contributed by atoms with E-state index in [1.165, 1.54) is 29.5 Å². The number of carbonyl (C=O) groups is 1. The number of aliphatic imine (C=N–C) groups is 1. The highest BCUT2D eigenvalue weighted by molar-refractivity contribution is 6.03. The van der Waals surface area contributed by atoms with E-state index in [0.29, 0.717) is 17.9 Å². The molecule has 1 aromatic carbocycles. The number of carbonyl (C=O) groups excluding carboxylic acids is 1. The van der Waals surface area contributed by atoms with Gasteiger partial charge in [-0.3, -0.25) is 19.6 Å². The molecule has 1 fully saturated rings. The van der Waals surface area contributed by atoms with Gasteiger partial charge >= 0.3 is 0 Å². The first kappa shape index (κ1) is 32.6. The molecule has 0 bridgehead atoms. The molecule has 220 valence electrons. The van der Waals surface area contributed by atoms with Crippen molar-refractivity contribution in [3.8, 4) is 0 Å². The minimum Gasteiger partial charge on any atom is -0.402 e. The Morgan fingerprint density at radius 2 is 1.87 bits per heavy atom. The number of benzene rings is 1. The molecule has 0 aromatic heterocycles. The van der Waals surface area contributed by atoms with E-state index in [1.54, 1.807) is 13.2 Å². The van der Waals surface area contributed by atoms with Crippen LogP contribution < -0.4 is 16.8 Å². The van der Waals surface area contributed by atoms with Gasteiger partial charge in [0.05, 0.1) is 5.92 Å². The number of likely N-dealkylation sites (tertiary alicyclic amines) is 1. The van der Waals surface area contributed by atoms with Crippen LogP contribution in [0.25, 0.3) is 0 Å². The van der Waals surface area contributed by atoms with Gasteiger partial charge in [0.1, 0.15) is 11.7 Å². The molecule has 1 saturated heterocycles. The number of nitrogens with one attached hydrogen (secondary N) is 1. The number of aryl methyl sites for hydroxylation is 2. The summed E-state index contributed by atoms with van der Waals surface area (Å²) in [5, 5.41) is 3.31. The predicted molar refractivity (Wildman–Crippen MR) is 164 cm³/mol. The Morgan fingerprint density at radius 3 is 2.36 bits per heavy atom. The summed E-state index contributed by atoms with van der Waals surface area (Å²) < 4.78 is 0. The van der Waals surface area contributed by atoms with Gasteiger partial charge in [-0.15, -0.1) is 0 Å². The molecule has 2 unspecified atom stereocenters. The highest BCUT2D eigenvalue weighted by Crippen LogP contribution is 2.24. The van der Waals surface area contributed by atoms with Gasteiger partial charge in [-0.05, 0) is 69.3 Å². The summed E-state index contributed by atoms with van der Waals surface area (Å²) in [5.74, 6) is 0.430. The molecule has 39 heavy (non-hydrogen) atoms. The summed E-state index contributed by atoms with van der Waals surface area (Å²) in [5.41, 5.74) is 16.0. The van der Waals surface area contributed by atoms with Gasteiger partial charge < -0.3 is 21.7 Å². The fourth-order valence-electron chi connectivity index (χ4n) is 6.03. The lowest BCUT2D eigenvalue weighted by molar-refractivity contribution is -0.120. The lowest BCUT2D eigenvalue weighted by Crippen LogP contribution is -2.52. The van der Waals surface area contributed by atoms with E-state index in [-0.39, 0.29) is 11.8 Å². The second kappa shape index (κ2) is 15.9. The maximum Gasteiger partial charge on any atom is 0.228 e. The standard InChI is InChI=1S/C31H55N7O/c1-9-24-18-23(6)12-13-25(24)20-37-16-14-27(15-17-37)38(11-3)26(10-2)21-36(8)28(19-32)35-31(34-7)29(22(4)5)30(33)39/h12-13,18-19,22,26-27,29H,9-11,14-17,20-21,32H2,1-8H3,(H2,33,39)(H,34,35)/b28-19+. The summed E-state index contributed by atoms with van der Waals surface area (Å²) in [6.45, 7) is 18.0. The van der Waals surface area contributed by atoms with E-state index >= 15 is 0 Å². The van der Waals surface area contributed by atoms with Crippen molar-refractivity contribution >= 4 is 11.7 Å². The smallest absolute Gasteiger partial charge is 0.228 e. The van der Waals surface area contributed by atoms with Crippen molar-refractivity contribution in [2.75, 3.05) is 40.3 Å². The van der Waals surface area contributed by atoms with Gasteiger partial charge in [0, 0.05) is 45.5 Å². The van der Waals surface area contributed by atoms with Crippen LogP contribution in [-0.2, 0) is 17.8 Å². The number of hydrogen-bond donors (Lipinski definition) is 3. The van der Waals surface area contributed by atoms with Gasteiger partial charge in [0.15, 0.2) is 0 Å². The lowest BCUT2D eigenvalue weighted by Gasteiger charge is -2.43. The van der Waals surface area contributed by atoms with Gasteiger partial charge in [-0.2, -0.15) is 0 Å². The van der Waals surface area contributed by atoms with Crippen LogP contribution >= 0.6 is 0 Å². The van der Waals surface area contributed by atoms with E-state index < -0.39 is 5.92 Å². The quantitative estimate of drug-likeness (QED) is 0.245. The molecule has 1 heterocycles. The topological polar surface area (TPSA) is 103 Å². The summed E-state index contributed by atoms with van der Waals surface area (Å²) in [6, 6.07) is 7.86. The Hall–Kier alpha value is -2.58. The normalized spacial score (nSPS) is 17.5. The van der Waals surface area contributed by atoms with Gasteiger partial charge in [-0.25, -0.2) is 0 Å². The number of rotatable bonds is 14. The fourth-order valence-corrected chi connectivity index (χ4v) is 6.03. The Bertz CT molecular complexity index is 966. The third-order valence-corrected chi connectivity index (χ3v) is 8.29. The molecule has 1 aliphatic rings. The zero-order valence-electron chi connectivity index (χ0n) is 25.8. The van der Waals surface area contributed by atoms with Gasteiger partial charge in [0.2, 0.25) is 5.91 Å². The molecule has 0 radical (unpaired) electrons. The number of piperidine rings is 1. The van der Waals surface area contributed by atoms with E-state index in [2.05, 4.69) is 70.9 Å². The van der Waals surface area contributed by atoms with E-state index in [1.807, 2.05) is 20.9 Å². The number of amides is 1. The second-order valence-corrected chi connectivity index (χ2v) is 11.3. The number of nitrogens with two attached hydrogens (primary N) is 2. The maximum absolute atomic E-state index is 12.1. The molecule has 1 aliphatic heterocycles. The second-order valence-electron chi connectivity index (χ2n) is 11.3. The average Bonchev–Trinajstić information content (AvgIpc) is 2.91. The largest absolute Gasteiger partial charge is 0.402 e. The average molecular weight is 542 g/mol. The fraction of sp³-hybridized carbons (Fsp3) is 0.677. The minimum absolute atomic E-state index is 0.0300. The SMILES string of the molecule is CCc1cc(C)ccc1CN1CCC(N(CC)C(CC)CN(C)/C(=C/N)NC(=NC)C(C(N)=O)C(C)C)CC1. The molecule has 8 heteroatoms. The van der Waals surface area contributed by atoms with E-state index in [0.717, 1.165) is 51.4 Å². The van der Waals surface area contributed by atoms with Crippen LogP contribution in [0.5, 0.6) is 0 Å². The highest BCUT2D eigenvalue weighted by Gasteiger charge is 2.30. The molecule has 1 amide bonds. The molecule has 1 aromatic rings. The summed E-state index contributed by atoms with van der Waals surface area (Å²) in [4.78, 5) is 23.9. The summed E-state index contributed by atoms with van der Waals surface area (Å²) in [7, 11) is 3.72. The summed E-state index contributed by atoms with van der Waals surface area (Å²) >= 11 is 0. The van der Waals surface area contributed by atoms with Crippen LogP contribution in [0.4, 0.5) is 0 Å². The molecule has 0 aliphatic carbocycles. The van der Waals surface area contributed by atoms with Crippen molar-refractivity contribution in [3.05, 3.63) is 46.9 Å². The molecule has 8 nitrogen and oxygen atoms in total. The van der Waals surface area contributed by atoms with Crippen LogP contribution in [-0.4, -0.2) is 78.8 Å². The third kappa shape index (κ3) is 8.97. The zero-order valence-corrected chi connectivity index (χ0v) is 25.8. The van der Waals surface area contributed by atoms with Gasteiger partial charge in [-0.1, -0.05) is 58.4 Å². The van der Waals surface area contributed by atoms with Crippen molar-refractivity contribution in [1.82, 2.24) is 20.0 Å². The van der Waals surface area contributed by atoms with Gasteiger partial charge in [0.25, 0.3) is 0 Å². The minimum atomic E-state index is -0.494. The Kier molecular flexibility index (Phi) is 13.3. The number of primary amides is 1. The first-order chi connectivity index (χ1) is 18.6. The number of nitrogens with zero attached hydrogens (tertiary/aromatic N) is 4. The Labute approximate surface area is 237 Å². The Balaban J connectivity index is 2.03. The van der Waals surface area contributed by atoms with E-state index in [9.17, 15) is 4.79 Å². The monoisotopic (exact) mass is 541 g/mol. The number of hydrogen-bond acceptors (Lipinski definition) is 6. The molecule has 0 spiro atoms. The molecular formula is C31H55N7O. The third-order valence-electron chi connectivity index (χ3n) is 8.29. The highest BCUT2D eigenvalue weighted by atomic mass is 16.1. The predicted octanol–water partition coefficient (Wildman–Crippen LogP) is 3.69. The molecule has 2 rings (SSSR count). The Morgan fingerprint density at radius 1 is 1.21 bits per heavy atom. The van der Waals surface area contributed by atoms with Crippen molar-refractivity contribution < 1.29 is 4.79 Å². The first-order valence-corrected chi connectivity index (χ1v) is 14.8. The van der Waals surface area contributed by atoms with Crippen LogP contribution in [0.3, 0.4) is 0 Å². The zero-order chi connectivity index (χ0) is 29.1. The molecule has 0 saturated carbocycles. The number of likely N-dealkylation sites (N-methyl/N-ethyl adjacent to an activating group) is 2. The molecule has 5 N–H and O–H groups in total. The summed E-state index contributed by atoms with van der Waals surface area (Å²) in [6.07, 6.45) is 6.05. The first-order valence-electron chi connectivity index (χ1n) is 14.8. The maximum atomic E-state index is 12.1. The van der Waals surface area contributed by atoms with Crippen molar-refractivity contribution in [3.63, 3.8) is 0 Å². The van der Waals surface area contributed by atoms with Crippen molar-refractivity contribution in [2.45, 2.75) is 85.9 Å². The van der Waals surface area contributed by atoms with Crippen LogP contribution in [0, 0.1) is 18.8 Å². The van der Waals surface area contributed by atoms with Crippen molar-refractivity contribution in [1.29, 1.82) is 0 Å². The molecule has 2 atom stereocenters. The lowest BCUT2D eigenvalue weighted by atomic mass is 9.93.